The lowest BCUT2D eigenvalue weighted by Crippen LogP contribution is -1.89. The number of benzene rings is 2. The Hall–Kier alpha value is -3.12. The van der Waals surface area contributed by atoms with Crippen molar-refractivity contribution in [2.24, 2.45) is 4.99 Å². The SMILES string of the molecule is COc1cc(Br)cc(C=Nc2ccc(-c3cn4ccccc4n3)cc2)c1O. The molecule has 2 heterocycles. The van der Waals surface area contributed by atoms with E-state index in [1.165, 1.54) is 7.11 Å². The number of nitrogens with zero attached hydrogens (tertiary/aromatic N) is 3. The average molecular weight is 422 g/mol. The van der Waals surface area contributed by atoms with E-state index in [0.717, 1.165) is 27.1 Å². The Kier molecular flexibility index (Phi) is 4.64. The number of aliphatic imine (C=N–C) groups is 1. The van der Waals surface area contributed by atoms with Crippen molar-refractivity contribution in [2.45, 2.75) is 0 Å². The lowest BCUT2D eigenvalue weighted by atomic mass is 10.1. The molecule has 0 fully saturated rings. The highest BCUT2D eigenvalue weighted by Crippen LogP contribution is 2.33. The molecule has 6 heteroatoms. The van der Waals surface area contributed by atoms with Gasteiger partial charge in [0.05, 0.1) is 18.5 Å². The van der Waals surface area contributed by atoms with E-state index in [-0.39, 0.29) is 5.75 Å². The third kappa shape index (κ3) is 3.57. The lowest BCUT2D eigenvalue weighted by Gasteiger charge is -2.06. The fourth-order valence-electron chi connectivity index (χ4n) is 2.78. The number of methoxy groups -OCH3 is 1. The number of hydrogen-bond acceptors (Lipinski definition) is 4. The van der Waals surface area contributed by atoms with Gasteiger partial charge in [-0.1, -0.05) is 34.1 Å². The maximum atomic E-state index is 10.2. The highest BCUT2D eigenvalue weighted by Gasteiger charge is 2.08. The Bertz CT molecular complexity index is 1100. The summed E-state index contributed by atoms with van der Waals surface area (Å²) in [6, 6.07) is 17.2. The first-order valence-corrected chi connectivity index (χ1v) is 9.08. The van der Waals surface area contributed by atoms with Crippen LogP contribution in [0, 0.1) is 0 Å². The molecule has 0 spiro atoms. The van der Waals surface area contributed by atoms with Crippen LogP contribution < -0.4 is 4.74 Å². The van der Waals surface area contributed by atoms with Gasteiger partial charge in [0, 0.05) is 34.2 Å². The first kappa shape index (κ1) is 17.3. The number of imidazole rings is 1. The van der Waals surface area contributed by atoms with Gasteiger partial charge >= 0.3 is 0 Å². The number of fused-ring (bicyclic) bond motifs is 1. The standard InChI is InChI=1S/C21H16BrN3O2/c1-27-19-11-16(22)10-15(21(19)26)12-23-17-7-5-14(6-8-17)18-13-25-9-3-2-4-20(25)24-18/h2-13,26H,1H3. The van der Waals surface area contributed by atoms with Gasteiger partial charge in [-0.2, -0.15) is 0 Å². The first-order chi connectivity index (χ1) is 13.1. The highest BCUT2D eigenvalue weighted by atomic mass is 79.9. The molecule has 1 N–H and O–H groups in total. The zero-order valence-corrected chi connectivity index (χ0v) is 16.1. The van der Waals surface area contributed by atoms with Crippen molar-refractivity contribution < 1.29 is 9.84 Å². The number of rotatable bonds is 4. The summed E-state index contributed by atoms with van der Waals surface area (Å²) in [5.41, 5.74) is 4.19. The maximum Gasteiger partial charge on any atom is 0.166 e. The smallest absolute Gasteiger partial charge is 0.166 e. The van der Waals surface area contributed by atoms with Gasteiger partial charge in [0.25, 0.3) is 0 Å². The van der Waals surface area contributed by atoms with Crippen LogP contribution in [0.2, 0.25) is 0 Å². The Morgan fingerprint density at radius 2 is 1.96 bits per heavy atom. The van der Waals surface area contributed by atoms with E-state index in [1.807, 2.05) is 59.3 Å². The second kappa shape index (κ2) is 7.25. The van der Waals surface area contributed by atoms with Crippen LogP contribution in [-0.2, 0) is 0 Å². The van der Waals surface area contributed by atoms with Gasteiger partial charge in [-0.15, -0.1) is 0 Å². The van der Waals surface area contributed by atoms with E-state index in [9.17, 15) is 5.11 Å². The largest absolute Gasteiger partial charge is 0.504 e. The number of pyridine rings is 1. The molecule has 4 rings (SSSR count). The van der Waals surface area contributed by atoms with Crippen LogP contribution in [0.15, 0.2) is 76.5 Å². The van der Waals surface area contributed by atoms with Crippen molar-refractivity contribution in [1.82, 2.24) is 9.38 Å². The number of ether oxygens (including phenoxy) is 1. The Morgan fingerprint density at radius 3 is 2.70 bits per heavy atom. The van der Waals surface area contributed by atoms with E-state index in [4.69, 9.17) is 4.74 Å². The molecule has 0 aliphatic carbocycles. The number of halogens is 1. The van der Waals surface area contributed by atoms with Crippen LogP contribution in [0.25, 0.3) is 16.9 Å². The fourth-order valence-corrected chi connectivity index (χ4v) is 3.24. The van der Waals surface area contributed by atoms with Crippen molar-refractivity contribution in [3.63, 3.8) is 0 Å². The summed E-state index contributed by atoms with van der Waals surface area (Å²) in [5, 5.41) is 10.2. The van der Waals surface area contributed by atoms with Crippen LogP contribution in [0.1, 0.15) is 5.56 Å². The maximum absolute atomic E-state index is 10.2. The highest BCUT2D eigenvalue weighted by molar-refractivity contribution is 9.10. The van der Waals surface area contributed by atoms with E-state index >= 15 is 0 Å². The van der Waals surface area contributed by atoms with Gasteiger partial charge in [-0.05, 0) is 36.4 Å². The molecule has 0 radical (unpaired) electrons. The molecule has 0 aliphatic rings. The van der Waals surface area contributed by atoms with Crippen molar-refractivity contribution in [3.05, 3.63) is 77.0 Å². The van der Waals surface area contributed by atoms with Crippen molar-refractivity contribution in [3.8, 4) is 22.8 Å². The third-order valence-electron chi connectivity index (χ3n) is 4.17. The second-order valence-corrected chi connectivity index (χ2v) is 6.86. The van der Waals surface area contributed by atoms with Gasteiger partial charge < -0.3 is 14.2 Å². The minimum atomic E-state index is 0.0609. The van der Waals surface area contributed by atoms with Crippen LogP contribution >= 0.6 is 15.9 Å². The predicted molar refractivity (Wildman–Crippen MR) is 110 cm³/mol. The molecule has 0 unspecified atom stereocenters. The van der Waals surface area contributed by atoms with Crippen molar-refractivity contribution >= 4 is 33.5 Å². The number of phenols is 1. The van der Waals surface area contributed by atoms with Crippen LogP contribution in [0.5, 0.6) is 11.5 Å². The Labute approximate surface area is 164 Å². The molecule has 0 aliphatic heterocycles. The number of aromatic hydroxyl groups is 1. The summed E-state index contributed by atoms with van der Waals surface area (Å²) < 4.78 is 7.95. The molecule has 0 atom stereocenters. The molecule has 4 aromatic rings. The third-order valence-corrected chi connectivity index (χ3v) is 4.63. The molecule has 0 saturated heterocycles. The van der Waals surface area contributed by atoms with Gasteiger partial charge in [-0.3, -0.25) is 4.99 Å². The normalized spacial score (nSPS) is 11.3. The quantitative estimate of drug-likeness (QED) is 0.459. The summed E-state index contributed by atoms with van der Waals surface area (Å²) in [6.45, 7) is 0. The molecule has 2 aromatic heterocycles. The van der Waals surface area contributed by atoms with E-state index in [1.54, 1.807) is 18.3 Å². The molecular weight excluding hydrogens is 406 g/mol. The second-order valence-electron chi connectivity index (χ2n) is 5.94. The number of aromatic nitrogens is 2. The summed E-state index contributed by atoms with van der Waals surface area (Å²) in [5.74, 6) is 0.457. The summed E-state index contributed by atoms with van der Waals surface area (Å²) in [7, 11) is 1.51. The van der Waals surface area contributed by atoms with E-state index in [2.05, 4.69) is 25.9 Å². The minimum absolute atomic E-state index is 0.0609. The summed E-state index contributed by atoms with van der Waals surface area (Å²) >= 11 is 3.40. The number of phenolic OH excluding ortho intramolecular Hbond substituents is 1. The molecular formula is C21H16BrN3O2. The zero-order chi connectivity index (χ0) is 18.8. The fraction of sp³-hybridized carbons (Fsp3) is 0.0476. The van der Waals surface area contributed by atoms with Crippen molar-refractivity contribution in [1.29, 1.82) is 0 Å². The molecule has 0 saturated carbocycles. The van der Waals surface area contributed by atoms with E-state index in [0.29, 0.717) is 11.3 Å². The molecule has 0 bridgehead atoms. The Balaban J connectivity index is 1.59. The Morgan fingerprint density at radius 1 is 1.15 bits per heavy atom. The van der Waals surface area contributed by atoms with E-state index < -0.39 is 0 Å². The molecule has 134 valence electrons. The van der Waals surface area contributed by atoms with Gasteiger partial charge in [-0.25, -0.2) is 4.98 Å². The minimum Gasteiger partial charge on any atom is -0.504 e. The first-order valence-electron chi connectivity index (χ1n) is 8.29. The monoisotopic (exact) mass is 421 g/mol. The lowest BCUT2D eigenvalue weighted by molar-refractivity contribution is 0.373. The van der Waals surface area contributed by atoms with Crippen LogP contribution in [0.4, 0.5) is 5.69 Å². The zero-order valence-electron chi connectivity index (χ0n) is 14.5. The average Bonchev–Trinajstić information content (AvgIpc) is 3.13. The topological polar surface area (TPSA) is 59.1 Å². The summed E-state index contributed by atoms with van der Waals surface area (Å²) in [6.07, 6.45) is 5.59. The van der Waals surface area contributed by atoms with Gasteiger partial charge in [0.1, 0.15) is 5.65 Å². The van der Waals surface area contributed by atoms with Crippen LogP contribution in [-0.4, -0.2) is 27.8 Å². The van der Waals surface area contributed by atoms with Crippen LogP contribution in [0.3, 0.4) is 0 Å². The number of hydrogen-bond donors (Lipinski definition) is 1. The molecule has 0 amide bonds. The molecule has 2 aromatic carbocycles. The van der Waals surface area contributed by atoms with Gasteiger partial charge in [0.2, 0.25) is 0 Å². The molecule has 27 heavy (non-hydrogen) atoms. The predicted octanol–water partition coefficient (Wildman–Crippen LogP) is 5.23. The van der Waals surface area contributed by atoms with Gasteiger partial charge in [0.15, 0.2) is 11.5 Å². The summed E-state index contributed by atoms with van der Waals surface area (Å²) in [4.78, 5) is 9.06. The van der Waals surface area contributed by atoms with Crippen molar-refractivity contribution in [2.75, 3.05) is 7.11 Å². The molecule has 5 nitrogen and oxygen atoms in total.